The molecule has 0 unspecified atom stereocenters. The second kappa shape index (κ2) is 7.11. The van der Waals surface area contributed by atoms with Crippen LogP contribution in [0.2, 0.25) is 0 Å². The summed E-state index contributed by atoms with van der Waals surface area (Å²) in [6.45, 7) is 6.81. The molecule has 0 bridgehead atoms. The lowest BCUT2D eigenvalue weighted by atomic mass is 9.44. The lowest BCUT2D eigenvalue weighted by Crippen LogP contribution is -2.57. The molecule has 28 heavy (non-hydrogen) atoms. The molecule has 9 atom stereocenters. The first-order valence-electron chi connectivity index (χ1n) is 11.6. The van der Waals surface area contributed by atoms with E-state index in [1.165, 1.54) is 12.8 Å². The van der Waals surface area contributed by atoms with E-state index in [0.717, 1.165) is 32.1 Å². The third kappa shape index (κ3) is 2.97. The second-order valence-electron chi connectivity index (χ2n) is 11.1. The predicted molar refractivity (Wildman–Crippen MR) is 108 cm³/mol. The van der Waals surface area contributed by atoms with Gasteiger partial charge in [-0.15, -0.1) is 0 Å². The highest BCUT2D eigenvalue weighted by Crippen LogP contribution is 2.67. The fraction of sp³-hybridized carbons (Fsp3) is 0.917. The van der Waals surface area contributed by atoms with Crippen LogP contribution in [-0.4, -0.2) is 28.1 Å². The van der Waals surface area contributed by atoms with E-state index in [1.54, 1.807) is 0 Å². The van der Waals surface area contributed by atoms with Gasteiger partial charge in [0.15, 0.2) is 0 Å². The molecule has 0 heterocycles. The molecule has 4 heteroatoms. The lowest BCUT2D eigenvalue weighted by molar-refractivity contribution is -0.160. The first kappa shape index (κ1) is 20.4. The molecule has 4 nitrogen and oxygen atoms in total. The first-order chi connectivity index (χ1) is 13.2. The molecule has 4 saturated carbocycles. The maximum Gasteiger partial charge on any atom is 0.303 e. The highest BCUT2D eigenvalue weighted by Gasteiger charge is 2.63. The van der Waals surface area contributed by atoms with Crippen LogP contribution in [0.5, 0.6) is 0 Å². The lowest BCUT2D eigenvalue weighted by Gasteiger charge is -2.60. The Bertz CT molecular complexity index is 645. The highest BCUT2D eigenvalue weighted by molar-refractivity contribution is 5.87. The minimum Gasteiger partial charge on any atom is -0.481 e. The van der Waals surface area contributed by atoms with Crippen molar-refractivity contribution in [2.45, 2.75) is 91.1 Å². The summed E-state index contributed by atoms with van der Waals surface area (Å²) in [6, 6.07) is 0. The van der Waals surface area contributed by atoms with E-state index in [0.29, 0.717) is 54.1 Å². The van der Waals surface area contributed by atoms with E-state index in [2.05, 4.69) is 20.8 Å². The van der Waals surface area contributed by atoms with Crippen molar-refractivity contribution < 1.29 is 19.8 Å². The number of carbonyl (C=O) groups is 2. The van der Waals surface area contributed by atoms with Crippen molar-refractivity contribution in [3.63, 3.8) is 0 Å². The number of carbonyl (C=O) groups excluding carboxylic acids is 1. The molecule has 0 saturated heterocycles. The Balaban J connectivity index is 1.57. The number of aliphatic hydroxyl groups excluding tert-OH is 1. The Morgan fingerprint density at radius 3 is 2.61 bits per heavy atom. The van der Waals surface area contributed by atoms with Gasteiger partial charge < -0.3 is 10.2 Å². The van der Waals surface area contributed by atoms with Gasteiger partial charge >= 0.3 is 5.97 Å². The van der Waals surface area contributed by atoms with Crippen molar-refractivity contribution in [3.05, 3.63) is 0 Å². The SMILES string of the molecule is C[C@@H](CCC(=O)O)[C@H]1CC[C@H]2[C@@H]3CC[C@@H]4C[C@H](O)CC[C@]4(C)[C@H]3CC(=O)[C@]12C. The Kier molecular flexibility index (Phi) is 5.17. The summed E-state index contributed by atoms with van der Waals surface area (Å²) in [6.07, 6.45) is 8.96. The van der Waals surface area contributed by atoms with Gasteiger partial charge in [0.2, 0.25) is 0 Å². The molecule has 0 spiro atoms. The second-order valence-corrected chi connectivity index (χ2v) is 11.1. The summed E-state index contributed by atoms with van der Waals surface area (Å²) in [4.78, 5) is 24.7. The van der Waals surface area contributed by atoms with Gasteiger partial charge in [-0.05, 0) is 92.3 Å². The number of aliphatic hydroxyl groups is 1. The smallest absolute Gasteiger partial charge is 0.303 e. The molecule has 4 aliphatic rings. The van der Waals surface area contributed by atoms with Crippen molar-refractivity contribution in [2.24, 2.45) is 46.3 Å². The Hall–Kier alpha value is -0.900. The van der Waals surface area contributed by atoms with Crippen LogP contribution in [0.3, 0.4) is 0 Å². The maximum absolute atomic E-state index is 13.6. The molecule has 158 valence electrons. The van der Waals surface area contributed by atoms with Crippen LogP contribution in [0, 0.1) is 46.3 Å². The summed E-state index contributed by atoms with van der Waals surface area (Å²) < 4.78 is 0. The zero-order valence-electron chi connectivity index (χ0n) is 17.8. The molecule has 0 aliphatic heterocycles. The number of hydrogen-bond donors (Lipinski definition) is 2. The van der Waals surface area contributed by atoms with Crippen LogP contribution >= 0.6 is 0 Å². The third-order valence-electron chi connectivity index (χ3n) is 10.1. The number of carboxylic acids is 1. The highest BCUT2D eigenvalue weighted by atomic mass is 16.4. The molecular weight excluding hydrogens is 352 g/mol. The topological polar surface area (TPSA) is 74.6 Å². The molecule has 2 N–H and O–H groups in total. The van der Waals surface area contributed by atoms with Gasteiger partial charge in [0, 0.05) is 18.3 Å². The number of hydrogen-bond acceptors (Lipinski definition) is 3. The number of rotatable bonds is 4. The Morgan fingerprint density at radius 1 is 1.14 bits per heavy atom. The summed E-state index contributed by atoms with van der Waals surface area (Å²) in [5.41, 5.74) is -0.0391. The molecule has 0 aromatic carbocycles. The van der Waals surface area contributed by atoms with Gasteiger partial charge in [-0.2, -0.15) is 0 Å². The average molecular weight is 391 g/mol. The minimum absolute atomic E-state index is 0.148. The molecule has 4 aliphatic carbocycles. The molecule has 4 fully saturated rings. The monoisotopic (exact) mass is 390 g/mol. The van der Waals surface area contributed by atoms with Crippen LogP contribution in [0.1, 0.15) is 85.0 Å². The van der Waals surface area contributed by atoms with E-state index >= 15 is 0 Å². The number of fused-ring (bicyclic) bond motifs is 5. The van der Waals surface area contributed by atoms with E-state index < -0.39 is 5.97 Å². The van der Waals surface area contributed by atoms with Crippen LogP contribution in [-0.2, 0) is 9.59 Å². The fourth-order valence-electron chi connectivity index (χ4n) is 8.44. The van der Waals surface area contributed by atoms with E-state index in [-0.39, 0.29) is 23.4 Å². The zero-order chi connectivity index (χ0) is 20.3. The zero-order valence-corrected chi connectivity index (χ0v) is 17.8. The van der Waals surface area contributed by atoms with Gasteiger partial charge in [-0.1, -0.05) is 20.8 Å². The maximum atomic E-state index is 13.6. The standard InChI is InChI=1S/C24H38O4/c1-14(4-9-22(27)28)18-7-8-19-17-6-5-15-12-16(25)10-11-23(15,2)20(17)13-21(26)24(18,19)3/h14-20,25H,4-13H2,1-3H3,(H,27,28)/t14-,15+,16+,17-,18+,19-,20-,23-,24+/m0/s1. The number of Topliss-reactive ketones (excluding diaryl/α,β-unsaturated/α-hetero) is 1. The van der Waals surface area contributed by atoms with Gasteiger partial charge in [0.05, 0.1) is 6.10 Å². The largest absolute Gasteiger partial charge is 0.481 e. The van der Waals surface area contributed by atoms with Crippen LogP contribution in [0.15, 0.2) is 0 Å². The Morgan fingerprint density at radius 2 is 1.89 bits per heavy atom. The van der Waals surface area contributed by atoms with Crippen LogP contribution in [0.25, 0.3) is 0 Å². The number of aliphatic carboxylic acids is 1. The summed E-state index contributed by atoms with van der Waals surface area (Å²) >= 11 is 0. The van der Waals surface area contributed by atoms with Crippen molar-refractivity contribution >= 4 is 11.8 Å². The van der Waals surface area contributed by atoms with Crippen molar-refractivity contribution in [1.82, 2.24) is 0 Å². The fourth-order valence-corrected chi connectivity index (χ4v) is 8.44. The summed E-state index contributed by atoms with van der Waals surface area (Å²) in [5, 5.41) is 19.3. The number of ketones is 1. The first-order valence-corrected chi connectivity index (χ1v) is 11.6. The quantitative estimate of drug-likeness (QED) is 0.730. The van der Waals surface area contributed by atoms with Gasteiger partial charge in [0.1, 0.15) is 5.78 Å². The van der Waals surface area contributed by atoms with Crippen LogP contribution in [0.4, 0.5) is 0 Å². The van der Waals surface area contributed by atoms with Crippen molar-refractivity contribution in [3.8, 4) is 0 Å². The van der Waals surface area contributed by atoms with Crippen LogP contribution < -0.4 is 0 Å². The van der Waals surface area contributed by atoms with Gasteiger partial charge in [0.25, 0.3) is 0 Å². The Labute approximate surface area is 169 Å². The van der Waals surface area contributed by atoms with Gasteiger partial charge in [-0.3, -0.25) is 9.59 Å². The van der Waals surface area contributed by atoms with E-state index in [9.17, 15) is 14.7 Å². The normalized spacial score (nSPS) is 49.1. The molecule has 0 aromatic heterocycles. The van der Waals surface area contributed by atoms with E-state index in [4.69, 9.17) is 5.11 Å². The summed E-state index contributed by atoms with van der Waals surface area (Å²) in [5.74, 6) is 2.52. The molecular formula is C24H38O4. The molecule has 0 amide bonds. The predicted octanol–water partition coefficient (Wildman–Crippen LogP) is 4.69. The van der Waals surface area contributed by atoms with Gasteiger partial charge in [-0.25, -0.2) is 0 Å². The molecule has 0 radical (unpaired) electrons. The van der Waals surface area contributed by atoms with E-state index in [1.807, 2.05) is 0 Å². The molecule has 4 rings (SSSR count). The van der Waals surface area contributed by atoms with Crippen molar-refractivity contribution in [2.75, 3.05) is 0 Å². The minimum atomic E-state index is -0.729. The number of carboxylic acid groups (broad SMARTS) is 1. The summed E-state index contributed by atoms with van der Waals surface area (Å²) in [7, 11) is 0. The average Bonchev–Trinajstić information content (AvgIpc) is 3.00. The third-order valence-corrected chi connectivity index (χ3v) is 10.1. The molecule has 0 aromatic rings. The van der Waals surface area contributed by atoms with Crippen molar-refractivity contribution in [1.29, 1.82) is 0 Å².